The van der Waals surface area contributed by atoms with Crippen molar-refractivity contribution in [1.82, 2.24) is 10.2 Å². The van der Waals surface area contributed by atoms with Gasteiger partial charge in [-0.1, -0.05) is 6.07 Å². The van der Waals surface area contributed by atoms with Gasteiger partial charge in [-0.15, -0.1) is 0 Å². The number of benzene rings is 1. The highest BCUT2D eigenvalue weighted by Crippen LogP contribution is 2.21. The highest BCUT2D eigenvalue weighted by atomic mass is 16.1. The number of hydrogen-bond donors (Lipinski definition) is 2. The Kier molecular flexibility index (Phi) is 7.30. The van der Waals surface area contributed by atoms with E-state index in [1.807, 2.05) is 0 Å². The number of nitrogens with two attached hydrogens (primary N) is 1. The van der Waals surface area contributed by atoms with Crippen LogP contribution in [-0.2, 0) is 11.3 Å². The lowest BCUT2D eigenvalue weighted by atomic mass is 9.95. The predicted octanol–water partition coefficient (Wildman–Crippen LogP) is 2.11. The zero-order valence-electron chi connectivity index (χ0n) is 16.6. The van der Waals surface area contributed by atoms with E-state index >= 15 is 0 Å². The summed E-state index contributed by atoms with van der Waals surface area (Å²) in [6, 6.07) is 6.49. The van der Waals surface area contributed by atoms with Crippen molar-refractivity contribution in [3.8, 4) is 0 Å². The summed E-state index contributed by atoms with van der Waals surface area (Å²) in [5.74, 6) is 1.04. The van der Waals surface area contributed by atoms with Crippen molar-refractivity contribution in [2.45, 2.75) is 39.7 Å². The molecule has 1 unspecified atom stereocenters. The van der Waals surface area contributed by atoms with E-state index in [2.05, 4.69) is 61.3 Å². The Morgan fingerprint density at radius 2 is 2.19 bits per heavy atom. The molecule has 0 spiro atoms. The van der Waals surface area contributed by atoms with E-state index in [0.29, 0.717) is 18.9 Å². The van der Waals surface area contributed by atoms with Crippen LogP contribution in [0.3, 0.4) is 0 Å². The van der Waals surface area contributed by atoms with Gasteiger partial charge in [-0.25, -0.2) is 4.99 Å². The summed E-state index contributed by atoms with van der Waals surface area (Å²) in [5, 5.41) is 3.40. The lowest BCUT2D eigenvalue weighted by Gasteiger charge is -2.34. The van der Waals surface area contributed by atoms with Gasteiger partial charge in [0.15, 0.2) is 5.96 Å². The maximum absolute atomic E-state index is 11.2. The smallest absolute Gasteiger partial charge is 0.217 e. The fourth-order valence-corrected chi connectivity index (χ4v) is 3.43. The van der Waals surface area contributed by atoms with Crippen LogP contribution in [0, 0.1) is 12.8 Å². The van der Waals surface area contributed by atoms with Crippen molar-refractivity contribution >= 4 is 17.6 Å². The van der Waals surface area contributed by atoms with Gasteiger partial charge < -0.3 is 20.9 Å². The molecule has 1 saturated heterocycles. The van der Waals surface area contributed by atoms with Crippen molar-refractivity contribution in [1.29, 1.82) is 0 Å². The summed E-state index contributed by atoms with van der Waals surface area (Å²) in [6.07, 6.45) is 2.59. The number of carbonyl (C=O) groups is 1. The molecule has 1 fully saturated rings. The average molecular weight is 360 g/mol. The minimum absolute atomic E-state index is 0.213. The molecular weight excluding hydrogens is 326 g/mol. The van der Waals surface area contributed by atoms with Crippen LogP contribution in [0.1, 0.15) is 37.3 Å². The number of hydrogen-bond acceptors (Lipinski definition) is 3. The van der Waals surface area contributed by atoms with Gasteiger partial charge in [-0.05, 0) is 55.9 Å². The number of primary amides is 1. The normalized spacial score (nSPS) is 17.9. The van der Waals surface area contributed by atoms with E-state index < -0.39 is 0 Å². The summed E-state index contributed by atoms with van der Waals surface area (Å²) in [4.78, 5) is 20.5. The van der Waals surface area contributed by atoms with E-state index in [9.17, 15) is 4.79 Å². The lowest BCUT2D eigenvalue weighted by Crippen LogP contribution is -2.47. The van der Waals surface area contributed by atoms with Gasteiger partial charge in [-0.3, -0.25) is 4.79 Å². The molecule has 0 aliphatic carbocycles. The number of guanidine groups is 1. The molecule has 2 rings (SSSR count). The molecule has 1 aromatic carbocycles. The summed E-state index contributed by atoms with van der Waals surface area (Å²) < 4.78 is 0. The molecule has 1 aliphatic heterocycles. The Morgan fingerprint density at radius 3 is 2.81 bits per heavy atom. The van der Waals surface area contributed by atoms with Crippen LogP contribution in [0.2, 0.25) is 0 Å². The molecule has 0 bridgehead atoms. The number of likely N-dealkylation sites (tertiary alicyclic amines) is 1. The van der Waals surface area contributed by atoms with Gasteiger partial charge in [0.2, 0.25) is 5.91 Å². The topological polar surface area (TPSA) is 74.0 Å². The van der Waals surface area contributed by atoms with E-state index in [0.717, 1.165) is 38.4 Å². The summed E-state index contributed by atoms with van der Waals surface area (Å²) >= 11 is 0. The minimum Gasteiger partial charge on any atom is -0.378 e. The maximum atomic E-state index is 11.2. The molecule has 6 nitrogen and oxygen atoms in total. The number of aliphatic imine (C=N–C) groups is 1. The average Bonchev–Trinajstić information content (AvgIpc) is 2.59. The van der Waals surface area contributed by atoms with Crippen molar-refractivity contribution in [2.24, 2.45) is 16.6 Å². The molecule has 1 heterocycles. The SMILES string of the molecule is CCNC(=NCc1ccc(N(C)C)cc1C)N1CCCC(CC(N)=O)C1. The van der Waals surface area contributed by atoms with Gasteiger partial charge in [0.1, 0.15) is 0 Å². The van der Waals surface area contributed by atoms with Crippen LogP contribution in [0.15, 0.2) is 23.2 Å². The first kappa shape index (κ1) is 20.1. The van der Waals surface area contributed by atoms with Crippen LogP contribution in [0.4, 0.5) is 5.69 Å². The first-order valence-corrected chi connectivity index (χ1v) is 9.49. The first-order valence-electron chi connectivity index (χ1n) is 9.49. The third-order valence-electron chi connectivity index (χ3n) is 4.89. The maximum Gasteiger partial charge on any atom is 0.217 e. The Morgan fingerprint density at radius 1 is 1.42 bits per heavy atom. The number of carbonyl (C=O) groups excluding carboxylic acids is 1. The van der Waals surface area contributed by atoms with E-state index in [1.54, 1.807) is 0 Å². The molecule has 3 N–H and O–H groups in total. The molecule has 1 amide bonds. The van der Waals surface area contributed by atoms with Crippen molar-refractivity contribution in [2.75, 3.05) is 38.6 Å². The number of nitrogens with one attached hydrogen (secondary N) is 1. The predicted molar refractivity (Wildman–Crippen MR) is 108 cm³/mol. The molecule has 1 atom stereocenters. The van der Waals surface area contributed by atoms with Crippen LogP contribution in [0.5, 0.6) is 0 Å². The third-order valence-corrected chi connectivity index (χ3v) is 4.89. The fraction of sp³-hybridized carbons (Fsp3) is 0.600. The molecule has 6 heteroatoms. The fourth-order valence-electron chi connectivity index (χ4n) is 3.43. The van der Waals surface area contributed by atoms with Crippen LogP contribution in [-0.4, -0.2) is 50.5 Å². The Labute approximate surface area is 157 Å². The first-order chi connectivity index (χ1) is 12.4. The second-order valence-corrected chi connectivity index (χ2v) is 7.30. The molecule has 144 valence electrons. The third kappa shape index (κ3) is 5.64. The van der Waals surface area contributed by atoms with E-state index in [1.165, 1.54) is 16.8 Å². The highest BCUT2D eigenvalue weighted by molar-refractivity contribution is 5.80. The van der Waals surface area contributed by atoms with Crippen molar-refractivity contribution < 1.29 is 4.79 Å². The summed E-state index contributed by atoms with van der Waals surface area (Å²) in [7, 11) is 4.10. The largest absolute Gasteiger partial charge is 0.378 e. The van der Waals surface area contributed by atoms with E-state index in [-0.39, 0.29) is 5.91 Å². The summed E-state index contributed by atoms with van der Waals surface area (Å²) in [5.41, 5.74) is 9.07. The number of aryl methyl sites for hydroxylation is 1. The van der Waals surface area contributed by atoms with Crippen LogP contribution >= 0.6 is 0 Å². The zero-order chi connectivity index (χ0) is 19.1. The monoisotopic (exact) mass is 359 g/mol. The molecular formula is C20H33N5O. The second-order valence-electron chi connectivity index (χ2n) is 7.30. The number of rotatable bonds is 6. The van der Waals surface area contributed by atoms with Crippen molar-refractivity contribution in [3.63, 3.8) is 0 Å². The van der Waals surface area contributed by atoms with Gasteiger partial charge in [0.25, 0.3) is 0 Å². The molecule has 1 aromatic rings. The highest BCUT2D eigenvalue weighted by Gasteiger charge is 2.23. The quantitative estimate of drug-likeness (QED) is 0.603. The van der Waals surface area contributed by atoms with Gasteiger partial charge >= 0.3 is 0 Å². The Bertz CT molecular complexity index is 641. The molecule has 26 heavy (non-hydrogen) atoms. The molecule has 0 radical (unpaired) electrons. The van der Waals surface area contributed by atoms with E-state index in [4.69, 9.17) is 10.7 Å². The lowest BCUT2D eigenvalue weighted by molar-refractivity contribution is -0.119. The van der Waals surface area contributed by atoms with Crippen LogP contribution < -0.4 is 16.0 Å². The Hall–Kier alpha value is -2.24. The number of piperidine rings is 1. The number of amides is 1. The number of anilines is 1. The molecule has 0 saturated carbocycles. The minimum atomic E-state index is -0.213. The molecule has 1 aliphatic rings. The Balaban J connectivity index is 2.09. The van der Waals surface area contributed by atoms with Crippen molar-refractivity contribution in [3.05, 3.63) is 29.3 Å². The van der Waals surface area contributed by atoms with Gasteiger partial charge in [0, 0.05) is 45.8 Å². The standard InChI is InChI=1S/C20H33N5O/c1-5-22-20(25-10-6-7-16(14-25)12-19(21)26)23-13-17-8-9-18(24(3)4)11-15(17)2/h8-9,11,16H,5-7,10,12-14H2,1-4H3,(H2,21,26)(H,22,23). The number of nitrogens with zero attached hydrogens (tertiary/aromatic N) is 3. The van der Waals surface area contributed by atoms with Gasteiger partial charge in [-0.2, -0.15) is 0 Å². The van der Waals surface area contributed by atoms with Crippen LogP contribution in [0.25, 0.3) is 0 Å². The molecule has 0 aromatic heterocycles. The second kappa shape index (κ2) is 9.46. The van der Waals surface area contributed by atoms with Gasteiger partial charge in [0.05, 0.1) is 6.54 Å². The summed E-state index contributed by atoms with van der Waals surface area (Å²) in [6.45, 7) is 7.51. The zero-order valence-corrected chi connectivity index (χ0v) is 16.6.